The second-order valence-electron chi connectivity index (χ2n) is 4.72. The second-order valence-corrected chi connectivity index (χ2v) is 5.08. The van der Waals surface area contributed by atoms with Crippen molar-refractivity contribution in [2.45, 2.75) is 39.7 Å². The van der Waals surface area contributed by atoms with E-state index in [4.69, 9.17) is 11.6 Å². The zero-order valence-corrected chi connectivity index (χ0v) is 12.9. The highest BCUT2D eigenvalue weighted by molar-refractivity contribution is 6.30. The number of nitrogens with one attached hydrogen (secondary N) is 1. The molecule has 2 aromatic heterocycles. The Kier molecular flexibility index (Phi) is 4.95. The van der Waals surface area contributed by atoms with Gasteiger partial charge in [0.15, 0.2) is 0 Å². The van der Waals surface area contributed by atoms with Gasteiger partial charge in [-0.3, -0.25) is 4.68 Å². The van der Waals surface area contributed by atoms with Gasteiger partial charge in [0.2, 0.25) is 0 Å². The van der Waals surface area contributed by atoms with Crippen LogP contribution < -0.4 is 5.32 Å². The first-order valence-corrected chi connectivity index (χ1v) is 7.28. The van der Waals surface area contributed by atoms with Gasteiger partial charge in [-0.15, -0.1) is 0 Å². The van der Waals surface area contributed by atoms with Crippen molar-refractivity contribution in [1.29, 1.82) is 0 Å². The third-order valence-corrected chi connectivity index (χ3v) is 3.49. The molecule has 0 aliphatic heterocycles. The van der Waals surface area contributed by atoms with Crippen molar-refractivity contribution in [2.24, 2.45) is 7.05 Å². The van der Waals surface area contributed by atoms with E-state index in [9.17, 15) is 0 Å². The molecule has 0 radical (unpaired) electrons. The van der Waals surface area contributed by atoms with Crippen LogP contribution in [0.1, 0.15) is 37.1 Å². The summed E-state index contributed by atoms with van der Waals surface area (Å²) in [6.45, 7) is 4.92. The summed E-state index contributed by atoms with van der Waals surface area (Å²) < 4.78 is 1.84. The minimum atomic E-state index is 0.534. The average molecular weight is 294 g/mol. The number of hydrogen-bond acceptors (Lipinski definition) is 4. The summed E-state index contributed by atoms with van der Waals surface area (Å²) in [7, 11) is 1.94. The van der Waals surface area contributed by atoms with Crippen molar-refractivity contribution in [3.63, 3.8) is 0 Å². The van der Waals surface area contributed by atoms with Gasteiger partial charge >= 0.3 is 0 Å². The standard InChI is InChI=1S/C14H20ClN5/c1-4-6-11-13(15)17-9-18-14(11)16-7-10-8-20(3)19-12(10)5-2/h8-9H,4-7H2,1-3H3,(H,16,17,18). The van der Waals surface area contributed by atoms with Crippen LogP contribution in [-0.4, -0.2) is 19.7 Å². The first-order chi connectivity index (χ1) is 9.65. The molecule has 6 heteroatoms. The van der Waals surface area contributed by atoms with E-state index in [0.29, 0.717) is 11.7 Å². The summed E-state index contributed by atoms with van der Waals surface area (Å²) in [5.74, 6) is 0.817. The molecule has 0 aliphatic rings. The fraction of sp³-hybridized carbons (Fsp3) is 0.500. The molecule has 0 amide bonds. The van der Waals surface area contributed by atoms with E-state index in [2.05, 4.69) is 34.2 Å². The van der Waals surface area contributed by atoms with Crippen LogP contribution in [0.4, 0.5) is 5.82 Å². The Morgan fingerprint density at radius 3 is 2.80 bits per heavy atom. The lowest BCUT2D eigenvalue weighted by Gasteiger charge is -2.11. The molecule has 2 heterocycles. The Bertz CT molecular complexity index is 579. The lowest BCUT2D eigenvalue weighted by Crippen LogP contribution is -2.07. The number of aryl methyl sites for hydroxylation is 2. The molecular weight excluding hydrogens is 274 g/mol. The number of hydrogen-bond donors (Lipinski definition) is 1. The molecule has 0 fully saturated rings. The Balaban J connectivity index is 2.16. The minimum Gasteiger partial charge on any atom is -0.365 e. The zero-order chi connectivity index (χ0) is 14.5. The normalized spacial score (nSPS) is 10.8. The Hall–Kier alpha value is -1.62. The topological polar surface area (TPSA) is 55.6 Å². The molecule has 108 valence electrons. The van der Waals surface area contributed by atoms with Gasteiger partial charge in [0.1, 0.15) is 17.3 Å². The van der Waals surface area contributed by atoms with E-state index < -0.39 is 0 Å². The molecule has 0 atom stereocenters. The number of nitrogens with zero attached hydrogens (tertiary/aromatic N) is 4. The van der Waals surface area contributed by atoms with Gasteiger partial charge in [-0.25, -0.2) is 9.97 Å². The Morgan fingerprint density at radius 1 is 1.30 bits per heavy atom. The SMILES string of the molecule is CCCc1c(Cl)ncnc1NCc1cn(C)nc1CC. The lowest BCUT2D eigenvalue weighted by atomic mass is 10.1. The van der Waals surface area contributed by atoms with Crippen LogP contribution in [0.15, 0.2) is 12.5 Å². The summed E-state index contributed by atoms with van der Waals surface area (Å²) in [5.41, 5.74) is 3.28. The summed E-state index contributed by atoms with van der Waals surface area (Å²) in [4.78, 5) is 8.35. The molecule has 0 aromatic carbocycles. The minimum absolute atomic E-state index is 0.534. The maximum Gasteiger partial charge on any atom is 0.137 e. The van der Waals surface area contributed by atoms with E-state index in [1.54, 1.807) is 0 Å². The number of halogens is 1. The number of rotatable bonds is 6. The summed E-state index contributed by atoms with van der Waals surface area (Å²) in [6.07, 6.45) is 6.33. The fourth-order valence-electron chi connectivity index (χ4n) is 2.22. The Morgan fingerprint density at radius 2 is 2.10 bits per heavy atom. The van der Waals surface area contributed by atoms with Crippen LogP contribution in [0.2, 0.25) is 5.15 Å². The van der Waals surface area contributed by atoms with Crippen molar-refractivity contribution in [1.82, 2.24) is 19.7 Å². The van der Waals surface area contributed by atoms with E-state index in [0.717, 1.165) is 36.3 Å². The van der Waals surface area contributed by atoms with Gasteiger partial charge in [0, 0.05) is 30.9 Å². The maximum absolute atomic E-state index is 6.15. The van der Waals surface area contributed by atoms with Crippen LogP contribution in [-0.2, 0) is 26.4 Å². The average Bonchev–Trinajstić information content (AvgIpc) is 2.80. The molecule has 5 nitrogen and oxygen atoms in total. The molecule has 2 rings (SSSR count). The van der Waals surface area contributed by atoms with Crippen LogP contribution in [0, 0.1) is 0 Å². The molecular formula is C14H20ClN5. The maximum atomic E-state index is 6.15. The zero-order valence-electron chi connectivity index (χ0n) is 12.1. The van der Waals surface area contributed by atoms with Crippen molar-refractivity contribution in [3.8, 4) is 0 Å². The van der Waals surface area contributed by atoms with Crippen LogP contribution in [0.3, 0.4) is 0 Å². The largest absolute Gasteiger partial charge is 0.365 e. The first-order valence-electron chi connectivity index (χ1n) is 6.90. The highest BCUT2D eigenvalue weighted by atomic mass is 35.5. The molecule has 0 saturated carbocycles. The lowest BCUT2D eigenvalue weighted by molar-refractivity contribution is 0.746. The first kappa shape index (κ1) is 14.8. The van der Waals surface area contributed by atoms with Crippen molar-refractivity contribution in [3.05, 3.63) is 34.5 Å². The van der Waals surface area contributed by atoms with Crippen molar-refractivity contribution >= 4 is 17.4 Å². The quantitative estimate of drug-likeness (QED) is 0.832. The fourth-order valence-corrected chi connectivity index (χ4v) is 2.45. The molecule has 0 unspecified atom stereocenters. The Labute approximate surface area is 124 Å². The van der Waals surface area contributed by atoms with Crippen LogP contribution in [0.5, 0.6) is 0 Å². The highest BCUT2D eigenvalue weighted by Gasteiger charge is 2.11. The molecule has 2 aromatic rings. The molecule has 0 aliphatic carbocycles. The van der Waals surface area contributed by atoms with Gasteiger partial charge in [0.05, 0.1) is 5.69 Å². The van der Waals surface area contributed by atoms with E-state index in [-0.39, 0.29) is 0 Å². The van der Waals surface area contributed by atoms with Crippen LogP contribution in [0.25, 0.3) is 0 Å². The van der Waals surface area contributed by atoms with Gasteiger partial charge in [-0.05, 0) is 12.8 Å². The van der Waals surface area contributed by atoms with Crippen molar-refractivity contribution in [2.75, 3.05) is 5.32 Å². The van der Waals surface area contributed by atoms with Gasteiger partial charge < -0.3 is 5.32 Å². The highest BCUT2D eigenvalue weighted by Crippen LogP contribution is 2.22. The van der Waals surface area contributed by atoms with Crippen LogP contribution >= 0.6 is 11.6 Å². The number of anilines is 1. The summed E-state index contributed by atoms with van der Waals surface area (Å²) in [6, 6.07) is 0. The molecule has 20 heavy (non-hydrogen) atoms. The van der Waals surface area contributed by atoms with Gasteiger partial charge in [-0.1, -0.05) is 31.9 Å². The molecule has 1 N–H and O–H groups in total. The second kappa shape index (κ2) is 6.70. The predicted octanol–water partition coefficient (Wildman–Crippen LogP) is 2.99. The molecule has 0 saturated heterocycles. The smallest absolute Gasteiger partial charge is 0.137 e. The van der Waals surface area contributed by atoms with E-state index in [1.165, 1.54) is 11.9 Å². The third kappa shape index (κ3) is 3.28. The predicted molar refractivity (Wildman–Crippen MR) is 80.9 cm³/mol. The summed E-state index contributed by atoms with van der Waals surface area (Å²) >= 11 is 6.15. The van der Waals surface area contributed by atoms with E-state index >= 15 is 0 Å². The monoisotopic (exact) mass is 293 g/mol. The van der Waals surface area contributed by atoms with Gasteiger partial charge in [-0.2, -0.15) is 5.10 Å². The molecule has 0 bridgehead atoms. The summed E-state index contributed by atoms with van der Waals surface area (Å²) in [5, 5.41) is 8.32. The number of aromatic nitrogens is 4. The molecule has 0 spiro atoms. The third-order valence-electron chi connectivity index (χ3n) is 3.17. The van der Waals surface area contributed by atoms with E-state index in [1.807, 2.05) is 17.9 Å². The van der Waals surface area contributed by atoms with Gasteiger partial charge in [0.25, 0.3) is 0 Å². The van der Waals surface area contributed by atoms with Crippen molar-refractivity contribution < 1.29 is 0 Å².